The van der Waals surface area contributed by atoms with Crippen molar-refractivity contribution in [2.24, 2.45) is 17.8 Å². The molecular weight excluding hydrogens is 452 g/mol. The Morgan fingerprint density at radius 3 is 2.15 bits per heavy atom. The minimum Gasteiger partial charge on any atom is -0.506 e. The third-order valence-electron chi connectivity index (χ3n) is 8.16. The molecule has 2 aromatic rings. The number of hydrogen-bond donors (Lipinski definition) is 2. The third kappa shape index (κ3) is 3.43. The molecule has 7 rings (SSSR count). The Morgan fingerprint density at radius 2 is 1.56 bits per heavy atom. The van der Waals surface area contributed by atoms with Gasteiger partial charge in [-0.2, -0.15) is 0 Å². The van der Waals surface area contributed by atoms with Crippen LogP contribution in [0.2, 0.25) is 5.02 Å². The van der Waals surface area contributed by atoms with Gasteiger partial charge in [-0.3, -0.25) is 14.9 Å². The summed E-state index contributed by atoms with van der Waals surface area (Å²) in [6.45, 7) is 0. The van der Waals surface area contributed by atoms with Crippen molar-refractivity contribution in [3.8, 4) is 5.75 Å². The normalized spacial score (nSPS) is 31.3. The Morgan fingerprint density at radius 1 is 0.941 bits per heavy atom. The summed E-state index contributed by atoms with van der Waals surface area (Å²) >= 11 is 5.95. The van der Waals surface area contributed by atoms with Crippen LogP contribution in [0, 0.1) is 17.8 Å². The zero-order chi connectivity index (χ0) is 23.6. The molecule has 4 saturated carbocycles. The van der Waals surface area contributed by atoms with Crippen LogP contribution in [0.25, 0.3) is 6.08 Å². The van der Waals surface area contributed by atoms with E-state index in [1.54, 1.807) is 0 Å². The third-order valence-corrected chi connectivity index (χ3v) is 8.46. The van der Waals surface area contributed by atoms with Crippen LogP contribution in [0.3, 0.4) is 0 Å². The maximum Gasteiger partial charge on any atom is 0.335 e. The highest BCUT2D eigenvalue weighted by atomic mass is 35.5. The Hall–Kier alpha value is -3.12. The van der Waals surface area contributed by atoms with Gasteiger partial charge in [-0.05, 0) is 103 Å². The van der Waals surface area contributed by atoms with Crippen molar-refractivity contribution in [2.45, 2.75) is 43.9 Å². The zero-order valence-corrected chi connectivity index (χ0v) is 19.3. The summed E-state index contributed by atoms with van der Waals surface area (Å²) in [6, 6.07) is 11.4. The molecule has 174 valence electrons. The van der Waals surface area contributed by atoms with E-state index in [0.717, 1.165) is 22.7 Å². The molecule has 0 aromatic heterocycles. The number of urea groups is 1. The first-order valence-corrected chi connectivity index (χ1v) is 12.2. The summed E-state index contributed by atoms with van der Waals surface area (Å²) in [5, 5.41) is 12.0. The Labute approximate surface area is 202 Å². The summed E-state index contributed by atoms with van der Waals surface area (Å²) < 4.78 is 0. The van der Waals surface area contributed by atoms with Gasteiger partial charge in [-0.1, -0.05) is 29.8 Å². The molecule has 5 fully saturated rings. The standard InChI is InChI=1S/C27H25ClN2O4/c28-22-11-15(1-6-23(22)31)10-21-24(32)29-26(34)30(25(21)33)20-4-2-19(3-5-20)27-12-16-7-17(13-27)9-18(8-16)14-27/h1-6,10-11,16-18,31H,7-9,12-14H2,(H,29,32,34)/b21-10+. The van der Waals surface area contributed by atoms with E-state index in [0.29, 0.717) is 11.3 Å². The van der Waals surface area contributed by atoms with E-state index < -0.39 is 17.8 Å². The smallest absolute Gasteiger partial charge is 0.335 e. The van der Waals surface area contributed by atoms with Gasteiger partial charge in [0.1, 0.15) is 11.3 Å². The number of nitrogens with one attached hydrogen (secondary N) is 1. The van der Waals surface area contributed by atoms with Gasteiger partial charge < -0.3 is 5.11 Å². The molecule has 2 N–H and O–H groups in total. The van der Waals surface area contributed by atoms with Gasteiger partial charge in [-0.15, -0.1) is 0 Å². The lowest BCUT2D eigenvalue weighted by molar-refractivity contribution is -0.122. The average Bonchev–Trinajstić information content (AvgIpc) is 2.78. The van der Waals surface area contributed by atoms with E-state index in [4.69, 9.17) is 11.6 Å². The van der Waals surface area contributed by atoms with Gasteiger partial charge in [0, 0.05) is 0 Å². The van der Waals surface area contributed by atoms with Gasteiger partial charge in [0.25, 0.3) is 11.8 Å². The number of amides is 4. The number of rotatable bonds is 3. The minimum absolute atomic E-state index is 0.0980. The molecule has 1 aliphatic heterocycles. The van der Waals surface area contributed by atoms with Crippen molar-refractivity contribution in [3.63, 3.8) is 0 Å². The summed E-state index contributed by atoms with van der Waals surface area (Å²) in [5.74, 6) is 0.924. The molecule has 5 aliphatic rings. The predicted octanol–water partition coefficient (Wildman–Crippen LogP) is 5.18. The number of anilines is 1. The number of phenolic OH excluding ortho intramolecular Hbond substituents is 1. The van der Waals surface area contributed by atoms with Crippen molar-refractivity contribution in [1.29, 1.82) is 0 Å². The largest absolute Gasteiger partial charge is 0.506 e. The first-order chi connectivity index (χ1) is 16.3. The Kier molecular flexibility index (Phi) is 4.85. The fraction of sp³-hybridized carbons (Fsp3) is 0.370. The van der Waals surface area contributed by atoms with E-state index in [2.05, 4.69) is 17.4 Å². The van der Waals surface area contributed by atoms with Crippen LogP contribution in [-0.2, 0) is 15.0 Å². The van der Waals surface area contributed by atoms with Crippen molar-refractivity contribution in [2.75, 3.05) is 4.90 Å². The lowest BCUT2D eigenvalue weighted by Crippen LogP contribution is -2.54. The Bertz CT molecular complexity index is 1210. The van der Waals surface area contributed by atoms with E-state index >= 15 is 0 Å². The molecular formula is C27H25ClN2O4. The monoisotopic (exact) mass is 476 g/mol. The molecule has 34 heavy (non-hydrogen) atoms. The van der Waals surface area contributed by atoms with Crippen LogP contribution >= 0.6 is 11.6 Å². The first kappa shape index (κ1) is 21.4. The van der Waals surface area contributed by atoms with E-state index in [9.17, 15) is 19.5 Å². The number of hydrogen-bond acceptors (Lipinski definition) is 4. The van der Waals surface area contributed by atoms with Gasteiger partial charge in [0.05, 0.1) is 10.7 Å². The molecule has 7 heteroatoms. The van der Waals surface area contributed by atoms with Gasteiger partial charge in [0.15, 0.2) is 0 Å². The average molecular weight is 477 g/mol. The SMILES string of the molecule is O=C1NC(=O)N(c2ccc(C34CC5CC(CC(C5)C3)C4)cc2)C(=O)/C1=C/c1ccc(O)c(Cl)c1. The quantitative estimate of drug-likeness (QED) is 0.472. The van der Waals surface area contributed by atoms with E-state index in [1.165, 1.54) is 68.4 Å². The second-order valence-corrected chi connectivity index (χ2v) is 10.8. The molecule has 0 atom stereocenters. The molecule has 4 amide bonds. The zero-order valence-electron chi connectivity index (χ0n) is 18.6. The fourth-order valence-electron chi connectivity index (χ4n) is 7.10. The van der Waals surface area contributed by atoms with E-state index in [1.807, 2.05) is 12.1 Å². The second kappa shape index (κ2) is 7.70. The van der Waals surface area contributed by atoms with Crippen LogP contribution < -0.4 is 10.2 Å². The van der Waals surface area contributed by atoms with Gasteiger partial charge in [-0.25, -0.2) is 9.69 Å². The van der Waals surface area contributed by atoms with Crippen molar-refractivity contribution >= 4 is 41.2 Å². The highest BCUT2D eigenvalue weighted by molar-refractivity contribution is 6.39. The molecule has 4 bridgehead atoms. The maximum absolute atomic E-state index is 13.2. The van der Waals surface area contributed by atoms with Crippen LogP contribution in [0.5, 0.6) is 5.75 Å². The fourth-order valence-corrected chi connectivity index (χ4v) is 7.29. The molecule has 0 unspecified atom stereocenters. The van der Waals surface area contributed by atoms with Crippen LogP contribution in [0.4, 0.5) is 10.5 Å². The number of carbonyl (C=O) groups excluding carboxylic acids is 3. The highest BCUT2D eigenvalue weighted by Crippen LogP contribution is 2.60. The van der Waals surface area contributed by atoms with Crippen molar-refractivity contribution in [3.05, 3.63) is 64.2 Å². The topological polar surface area (TPSA) is 86.7 Å². The van der Waals surface area contributed by atoms with Gasteiger partial charge >= 0.3 is 6.03 Å². The number of phenols is 1. The number of carbonyl (C=O) groups is 3. The summed E-state index contributed by atoms with van der Waals surface area (Å²) in [7, 11) is 0. The van der Waals surface area contributed by atoms with Gasteiger partial charge in [0.2, 0.25) is 0 Å². The number of imide groups is 2. The minimum atomic E-state index is -0.765. The van der Waals surface area contributed by atoms with Crippen molar-refractivity contribution < 1.29 is 19.5 Å². The number of barbiturate groups is 1. The number of nitrogens with zero attached hydrogens (tertiary/aromatic N) is 1. The molecule has 0 radical (unpaired) electrons. The highest BCUT2D eigenvalue weighted by Gasteiger charge is 2.51. The molecule has 1 heterocycles. The summed E-state index contributed by atoms with van der Waals surface area (Å²) in [6.07, 6.45) is 9.18. The number of halogens is 1. The molecule has 0 spiro atoms. The van der Waals surface area contributed by atoms with Crippen LogP contribution in [0.15, 0.2) is 48.0 Å². The maximum atomic E-state index is 13.2. The second-order valence-electron chi connectivity index (χ2n) is 10.4. The number of aromatic hydroxyl groups is 1. The first-order valence-electron chi connectivity index (χ1n) is 11.8. The lowest BCUT2D eigenvalue weighted by atomic mass is 9.48. The lowest BCUT2D eigenvalue weighted by Gasteiger charge is -2.57. The number of benzene rings is 2. The molecule has 2 aromatic carbocycles. The Balaban J connectivity index is 1.29. The molecule has 6 nitrogen and oxygen atoms in total. The summed E-state index contributed by atoms with van der Waals surface area (Å²) in [5.41, 5.74) is 2.24. The van der Waals surface area contributed by atoms with Crippen molar-refractivity contribution in [1.82, 2.24) is 5.32 Å². The van der Waals surface area contributed by atoms with E-state index in [-0.39, 0.29) is 21.8 Å². The predicted molar refractivity (Wildman–Crippen MR) is 128 cm³/mol. The molecule has 1 saturated heterocycles. The summed E-state index contributed by atoms with van der Waals surface area (Å²) in [4.78, 5) is 39.2. The van der Waals surface area contributed by atoms with Crippen LogP contribution in [0.1, 0.15) is 49.7 Å². The van der Waals surface area contributed by atoms with Crippen LogP contribution in [-0.4, -0.2) is 23.0 Å². The molecule has 4 aliphatic carbocycles.